The maximum atomic E-state index is 13.6. The molecule has 5 rings (SSSR count). The fourth-order valence-corrected chi connectivity index (χ4v) is 4.14. The maximum Gasteiger partial charge on any atom is 0.262 e. The van der Waals surface area contributed by atoms with Gasteiger partial charge >= 0.3 is 0 Å². The van der Waals surface area contributed by atoms with Crippen molar-refractivity contribution in [1.29, 1.82) is 0 Å². The zero-order chi connectivity index (χ0) is 21.4. The van der Waals surface area contributed by atoms with Gasteiger partial charge in [-0.1, -0.05) is 54.6 Å². The van der Waals surface area contributed by atoms with Crippen LogP contribution in [0.2, 0.25) is 0 Å². The Labute approximate surface area is 180 Å². The third-order valence-corrected chi connectivity index (χ3v) is 5.51. The van der Waals surface area contributed by atoms with E-state index in [1.165, 1.54) is 6.92 Å². The second kappa shape index (κ2) is 7.61. The Bertz CT molecular complexity index is 1290. The molecule has 1 aliphatic heterocycles. The van der Waals surface area contributed by atoms with Gasteiger partial charge in [-0.25, -0.2) is 0 Å². The van der Waals surface area contributed by atoms with Crippen molar-refractivity contribution in [2.75, 3.05) is 15.5 Å². The quantitative estimate of drug-likeness (QED) is 0.467. The lowest BCUT2D eigenvalue weighted by Gasteiger charge is -2.38. The van der Waals surface area contributed by atoms with Gasteiger partial charge in [-0.05, 0) is 47.2 Å². The molecule has 1 unspecified atom stereocenters. The molecule has 0 saturated heterocycles. The fourth-order valence-electron chi connectivity index (χ4n) is 4.14. The van der Waals surface area contributed by atoms with Crippen LogP contribution in [0, 0.1) is 0 Å². The van der Waals surface area contributed by atoms with Gasteiger partial charge in [0.2, 0.25) is 5.91 Å². The Morgan fingerprint density at radius 2 is 1.58 bits per heavy atom. The van der Waals surface area contributed by atoms with Gasteiger partial charge in [-0.2, -0.15) is 0 Å². The average molecular weight is 407 g/mol. The summed E-state index contributed by atoms with van der Waals surface area (Å²) in [5.74, 6) is -0.203. The summed E-state index contributed by atoms with van der Waals surface area (Å²) in [6.45, 7) is 1.47. The van der Waals surface area contributed by atoms with Gasteiger partial charge in [0.15, 0.2) is 0 Å². The minimum absolute atomic E-state index is 0.0699. The van der Waals surface area contributed by atoms with Gasteiger partial charge in [0, 0.05) is 29.5 Å². The monoisotopic (exact) mass is 407 g/mol. The first kappa shape index (κ1) is 18.9. The third kappa shape index (κ3) is 3.40. The van der Waals surface area contributed by atoms with Crippen molar-refractivity contribution in [3.8, 4) is 0 Å². The van der Waals surface area contributed by atoms with Crippen LogP contribution in [0.15, 0.2) is 91.0 Å². The molecule has 31 heavy (non-hydrogen) atoms. The van der Waals surface area contributed by atoms with Crippen molar-refractivity contribution in [2.45, 2.75) is 13.1 Å². The number of nitrogens with zero attached hydrogens (tertiary/aromatic N) is 1. The SMILES string of the molecule is CC(=O)Nc1ccc(N2C(=O)c3ccccc3NC2c2cccc3ccccc23)cc1. The molecule has 1 aliphatic rings. The highest BCUT2D eigenvalue weighted by atomic mass is 16.2. The van der Waals surface area contributed by atoms with Crippen LogP contribution < -0.4 is 15.5 Å². The first-order valence-corrected chi connectivity index (χ1v) is 10.2. The molecule has 0 radical (unpaired) electrons. The predicted octanol–water partition coefficient (Wildman–Crippen LogP) is 5.57. The summed E-state index contributed by atoms with van der Waals surface area (Å²) in [7, 11) is 0. The van der Waals surface area contributed by atoms with Crippen LogP contribution in [0.25, 0.3) is 10.8 Å². The summed E-state index contributed by atoms with van der Waals surface area (Å²) in [6, 6.07) is 29.2. The summed E-state index contributed by atoms with van der Waals surface area (Å²) in [5.41, 5.74) is 3.91. The molecule has 2 N–H and O–H groups in total. The Morgan fingerprint density at radius 3 is 2.39 bits per heavy atom. The predicted molar refractivity (Wildman–Crippen MR) is 124 cm³/mol. The minimum atomic E-state index is -0.375. The summed E-state index contributed by atoms with van der Waals surface area (Å²) < 4.78 is 0. The summed E-state index contributed by atoms with van der Waals surface area (Å²) in [6.07, 6.45) is -0.375. The molecule has 4 aromatic rings. The molecule has 0 saturated carbocycles. The van der Waals surface area contributed by atoms with E-state index in [0.29, 0.717) is 11.3 Å². The molecule has 0 bridgehead atoms. The molecule has 5 heteroatoms. The maximum absolute atomic E-state index is 13.6. The van der Waals surface area contributed by atoms with E-state index in [0.717, 1.165) is 27.7 Å². The van der Waals surface area contributed by atoms with Gasteiger partial charge in [-0.3, -0.25) is 14.5 Å². The van der Waals surface area contributed by atoms with Crippen LogP contribution in [0.4, 0.5) is 17.1 Å². The number of nitrogens with one attached hydrogen (secondary N) is 2. The Balaban J connectivity index is 1.65. The normalized spacial score (nSPS) is 15.3. The lowest BCUT2D eigenvalue weighted by Crippen LogP contribution is -2.43. The number of rotatable bonds is 3. The van der Waals surface area contributed by atoms with E-state index in [-0.39, 0.29) is 18.0 Å². The highest BCUT2D eigenvalue weighted by molar-refractivity contribution is 6.12. The van der Waals surface area contributed by atoms with Crippen molar-refractivity contribution < 1.29 is 9.59 Å². The average Bonchev–Trinajstić information content (AvgIpc) is 2.79. The van der Waals surface area contributed by atoms with Gasteiger partial charge in [0.05, 0.1) is 5.56 Å². The number of benzene rings is 4. The second-order valence-corrected chi connectivity index (χ2v) is 7.56. The Morgan fingerprint density at radius 1 is 0.871 bits per heavy atom. The van der Waals surface area contributed by atoms with E-state index < -0.39 is 0 Å². The zero-order valence-electron chi connectivity index (χ0n) is 17.0. The van der Waals surface area contributed by atoms with Gasteiger partial charge < -0.3 is 10.6 Å². The van der Waals surface area contributed by atoms with E-state index in [4.69, 9.17) is 0 Å². The van der Waals surface area contributed by atoms with Crippen LogP contribution in [0.5, 0.6) is 0 Å². The van der Waals surface area contributed by atoms with E-state index in [1.54, 1.807) is 4.90 Å². The molecule has 5 nitrogen and oxygen atoms in total. The summed E-state index contributed by atoms with van der Waals surface area (Å²) >= 11 is 0. The first-order valence-electron chi connectivity index (χ1n) is 10.2. The van der Waals surface area contributed by atoms with Crippen LogP contribution in [-0.4, -0.2) is 11.8 Å². The van der Waals surface area contributed by atoms with Gasteiger partial charge in [0.1, 0.15) is 6.17 Å². The smallest absolute Gasteiger partial charge is 0.262 e. The van der Waals surface area contributed by atoms with Crippen molar-refractivity contribution in [2.24, 2.45) is 0 Å². The second-order valence-electron chi connectivity index (χ2n) is 7.56. The number of carbonyl (C=O) groups is 2. The van der Waals surface area contributed by atoms with Crippen molar-refractivity contribution in [1.82, 2.24) is 0 Å². The molecular weight excluding hydrogens is 386 g/mol. The molecule has 0 aromatic heterocycles. The van der Waals surface area contributed by atoms with Crippen molar-refractivity contribution in [3.05, 3.63) is 102 Å². The summed E-state index contributed by atoms with van der Waals surface area (Å²) in [5, 5.41) is 8.55. The molecule has 4 aromatic carbocycles. The molecule has 152 valence electrons. The van der Waals surface area contributed by atoms with Crippen molar-refractivity contribution in [3.63, 3.8) is 0 Å². The molecular formula is C26H21N3O2. The number of amides is 2. The lowest BCUT2D eigenvalue weighted by molar-refractivity contribution is -0.114. The van der Waals surface area contributed by atoms with E-state index in [1.807, 2.05) is 66.7 Å². The molecule has 2 amide bonds. The number of carbonyl (C=O) groups excluding carboxylic acids is 2. The van der Waals surface area contributed by atoms with Gasteiger partial charge in [0.25, 0.3) is 5.91 Å². The molecule has 0 fully saturated rings. The molecule has 1 heterocycles. The van der Waals surface area contributed by atoms with Crippen molar-refractivity contribution >= 4 is 39.6 Å². The van der Waals surface area contributed by atoms with Crippen LogP contribution in [0.3, 0.4) is 0 Å². The van der Waals surface area contributed by atoms with E-state index >= 15 is 0 Å². The van der Waals surface area contributed by atoms with Gasteiger partial charge in [-0.15, -0.1) is 0 Å². The highest BCUT2D eigenvalue weighted by Crippen LogP contribution is 2.39. The Hall–Kier alpha value is -4.12. The highest BCUT2D eigenvalue weighted by Gasteiger charge is 2.34. The number of hydrogen-bond donors (Lipinski definition) is 2. The minimum Gasteiger partial charge on any atom is -0.360 e. The van der Waals surface area contributed by atoms with Crippen LogP contribution in [0.1, 0.15) is 29.0 Å². The largest absolute Gasteiger partial charge is 0.360 e. The molecule has 0 aliphatic carbocycles. The molecule has 0 spiro atoms. The lowest BCUT2D eigenvalue weighted by atomic mass is 9.98. The standard InChI is InChI=1S/C26H21N3O2/c1-17(30)27-19-13-15-20(16-14-19)29-25(28-24-12-5-4-10-23(24)26(29)31)22-11-6-8-18-7-2-3-9-21(18)22/h2-16,25,28H,1H3,(H,27,30). The van der Waals surface area contributed by atoms with E-state index in [2.05, 4.69) is 34.9 Å². The fraction of sp³-hybridized carbons (Fsp3) is 0.0769. The van der Waals surface area contributed by atoms with E-state index in [9.17, 15) is 9.59 Å². The number of fused-ring (bicyclic) bond motifs is 2. The number of para-hydroxylation sites is 1. The Kier molecular flexibility index (Phi) is 4.64. The number of hydrogen-bond acceptors (Lipinski definition) is 3. The zero-order valence-corrected chi connectivity index (χ0v) is 17.0. The van der Waals surface area contributed by atoms with Crippen LogP contribution >= 0.6 is 0 Å². The third-order valence-electron chi connectivity index (χ3n) is 5.51. The van der Waals surface area contributed by atoms with Crippen LogP contribution in [-0.2, 0) is 4.79 Å². The molecule has 1 atom stereocenters. The first-order chi connectivity index (χ1) is 15.1. The number of anilines is 3. The summed E-state index contributed by atoms with van der Waals surface area (Å²) in [4.78, 5) is 26.8. The topological polar surface area (TPSA) is 61.4 Å².